The first kappa shape index (κ1) is 39.9. The molecule has 0 amide bonds. The fourth-order valence-electron chi connectivity index (χ4n) is 7.18. The number of rotatable bonds is 4. The van der Waals surface area contributed by atoms with Crippen LogP contribution >= 0.6 is 105 Å². The van der Waals surface area contributed by atoms with Crippen LogP contribution in [0, 0.1) is 0 Å². The van der Waals surface area contributed by atoms with Crippen molar-refractivity contribution in [3.05, 3.63) is 166 Å². The highest BCUT2D eigenvalue weighted by Crippen LogP contribution is 2.55. The van der Waals surface area contributed by atoms with Crippen molar-refractivity contribution in [3.63, 3.8) is 0 Å². The van der Waals surface area contributed by atoms with Gasteiger partial charge in [-0.3, -0.25) is 0 Å². The molecule has 0 atom stereocenters. The van der Waals surface area contributed by atoms with Crippen molar-refractivity contribution >= 4 is 152 Å². The Morgan fingerprint density at radius 2 is 0.807 bits per heavy atom. The van der Waals surface area contributed by atoms with Gasteiger partial charge in [-0.25, -0.2) is 9.97 Å². The molecule has 4 aromatic carbocycles. The smallest absolute Gasteiger partial charge is 0.0836 e. The zero-order valence-corrected chi connectivity index (χ0v) is 35.8. The quantitative estimate of drug-likeness (QED) is 0.191. The summed E-state index contributed by atoms with van der Waals surface area (Å²) in [5.74, 6) is 0. The number of aromatic amines is 1. The van der Waals surface area contributed by atoms with E-state index in [0.717, 1.165) is 16.7 Å². The molecule has 8 bridgehead atoms. The Balaban J connectivity index is 0.00000455. The summed E-state index contributed by atoms with van der Waals surface area (Å²) in [6.45, 7) is 0. The van der Waals surface area contributed by atoms with E-state index in [1.165, 1.54) is 0 Å². The summed E-state index contributed by atoms with van der Waals surface area (Å²) in [6.07, 6.45) is 7.69. The van der Waals surface area contributed by atoms with Gasteiger partial charge >= 0.3 is 0 Å². The maximum Gasteiger partial charge on any atom is 0.0836 e. The molecule has 0 aliphatic carbocycles. The predicted molar refractivity (Wildman–Crippen MR) is 247 cm³/mol. The van der Waals surface area contributed by atoms with E-state index in [4.69, 9.17) is 103 Å². The van der Waals surface area contributed by atoms with Gasteiger partial charge in [0.25, 0.3) is 0 Å². The summed E-state index contributed by atoms with van der Waals surface area (Å²) in [7, 11) is 0. The molecule has 0 unspecified atom stereocenters. The Hall–Kier alpha value is -3.91. The molecule has 57 heavy (non-hydrogen) atoms. The van der Waals surface area contributed by atoms with Crippen molar-refractivity contribution in [3.8, 4) is 39.1 Å². The van der Waals surface area contributed by atoms with Gasteiger partial charge in [-0.2, -0.15) is 0 Å². The fourth-order valence-corrected chi connectivity index (χ4v) is 9.51. The molecule has 0 radical (unpaired) electrons. The summed E-state index contributed by atoms with van der Waals surface area (Å²) < 4.78 is 1.95. The molecule has 1 N–H and O–H groups in total. The summed E-state index contributed by atoms with van der Waals surface area (Å²) in [5.41, 5.74) is 8.82. The topological polar surface area (TPSA) is 46.5 Å². The lowest BCUT2D eigenvalue weighted by molar-refractivity contribution is 1.17. The number of benzene rings is 4. The molecule has 0 saturated heterocycles. The van der Waals surface area contributed by atoms with Crippen LogP contribution in [0.5, 0.6) is 0 Å². The van der Waals surface area contributed by atoms with Gasteiger partial charge in [0.15, 0.2) is 0 Å². The number of nitrogens with one attached hydrogen (secondary N) is 1. The molecule has 5 heterocycles. The van der Waals surface area contributed by atoms with Crippen molar-refractivity contribution in [1.82, 2.24) is 19.5 Å². The van der Waals surface area contributed by atoms with E-state index in [1.807, 2.05) is 59.2 Å². The predicted octanol–water partition coefficient (Wildman–Crippen LogP) is 16.8. The summed E-state index contributed by atoms with van der Waals surface area (Å²) >= 11 is 57.7. The van der Waals surface area contributed by atoms with E-state index >= 15 is 0 Å². The van der Waals surface area contributed by atoms with Crippen molar-refractivity contribution in [1.29, 1.82) is 0 Å². The van der Waals surface area contributed by atoms with E-state index in [-0.39, 0.29) is 12.4 Å². The van der Waals surface area contributed by atoms with Crippen molar-refractivity contribution in [2.45, 2.75) is 0 Å². The molecule has 13 heteroatoms. The second kappa shape index (κ2) is 16.0. The maximum absolute atomic E-state index is 7.24. The number of hydrogen-bond donors (Lipinski definition) is 1. The molecular formula is C44H23Cl9N4. The molecule has 2 aliphatic heterocycles. The van der Waals surface area contributed by atoms with E-state index < -0.39 is 0 Å². The Morgan fingerprint density at radius 3 is 1.32 bits per heavy atom. The van der Waals surface area contributed by atoms with E-state index in [1.54, 1.807) is 72.8 Å². The fraction of sp³-hybridized carbons (Fsp3) is 0. The highest BCUT2D eigenvalue weighted by molar-refractivity contribution is 6.44. The van der Waals surface area contributed by atoms with E-state index in [9.17, 15) is 0 Å². The minimum absolute atomic E-state index is 0. The van der Waals surface area contributed by atoms with Crippen LogP contribution < -0.4 is 0 Å². The van der Waals surface area contributed by atoms with Crippen molar-refractivity contribution in [2.24, 2.45) is 0 Å². The first-order valence-electron chi connectivity index (χ1n) is 17.0. The summed E-state index contributed by atoms with van der Waals surface area (Å²) in [4.78, 5) is 13.7. The van der Waals surface area contributed by atoms with Gasteiger partial charge in [0, 0.05) is 64.5 Å². The average Bonchev–Trinajstić information content (AvgIpc) is 3.96. The number of halogens is 9. The molecule has 0 fully saturated rings. The Labute approximate surface area is 373 Å². The van der Waals surface area contributed by atoms with Gasteiger partial charge in [-0.05, 0) is 103 Å². The zero-order valence-electron chi connectivity index (χ0n) is 28.9. The maximum atomic E-state index is 7.24. The molecule has 0 spiro atoms. The van der Waals surface area contributed by atoms with Gasteiger partial charge in [-0.15, -0.1) is 12.4 Å². The largest absolute Gasteiger partial charge is 0.355 e. The zero-order chi connectivity index (χ0) is 38.8. The first-order chi connectivity index (χ1) is 27.1. The summed E-state index contributed by atoms with van der Waals surface area (Å²) in [6, 6.07) is 31.1. The lowest BCUT2D eigenvalue weighted by Gasteiger charge is -2.17. The van der Waals surface area contributed by atoms with E-state index in [2.05, 4.69) is 4.98 Å². The Morgan fingerprint density at radius 1 is 0.404 bits per heavy atom. The molecule has 4 nitrogen and oxygen atoms in total. The van der Waals surface area contributed by atoms with Gasteiger partial charge in [-0.1, -0.05) is 117 Å². The highest BCUT2D eigenvalue weighted by atomic mass is 35.5. The standard InChI is InChI=1S/C44H22Cl8N4.ClH/c45-27-5-1-6-28(46)37(27)40-35-18-17-25(55-35)20-24-14-13-22(53-24)19-23-15-16-26(54-23)21-36-41(38-29(47)7-2-8-30(38)48)42(39-31(49)9-3-10-32(39)50)44(40)56(36)43-33(51)11-4-12-34(43)52;/h1-21,53H;1H. The van der Waals surface area contributed by atoms with Crippen LogP contribution in [0.2, 0.25) is 40.2 Å². The average molecular weight is 927 g/mol. The van der Waals surface area contributed by atoms with Crippen molar-refractivity contribution in [2.75, 3.05) is 0 Å². The molecule has 282 valence electrons. The van der Waals surface area contributed by atoms with Crippen LogP contribution in [-0.2, 0) is 0 Å². The number of aromatic nitrogens is 4. The lowest BCUT2D eigenvalue weighted by Crippen LogP contribution is -2.00. The van der Waals surface area contributed by atoms with Crippen LogP contribution in [0.3, 0.4) is 0 Å². The second-order valence-corrected chi connectivity index (χ2v) is 16.2. The molecule has 3 aromatic heterocycles. The number of para-hydroxylation sites is 1. The third kappa shape index (κ3) is 7.16. The minimum Gasteiger partial charge on any atom is -0.355 e. The molecule has 7 aromatic rings. The molecule has 0 saturated carbocycles. The molecule has 2 aliphatic rings. The van der Waals surface area contributed by atoms with Gasteiger partial charge in [0.05, 0.1) is 59.6 Å². The second-order valence-electron chi connectivity index (χ2n) is 12.9. The summed E-state index contributed by atoms with van der Waals surface area (Å²) in [5, 5.41) is 2.83. The minimum atomic E-state index is 0. The van der Waals surface area contributed by atoms with Gasteiger partial charge in [0.2, 0.25) is 0 Å². The first-order valence-corrected chi connectivity index (χ1v) is 20.0. The monoisotopic (exact) mass is 922 g/mol. The molecule has 9 rings (SSSR count). The van der Waals surface area contributed by atoms with Gasteiger partial charge in [0.1, 0.15) is 0 Å². The molecular weight excluding hydrogens is 904 g/mol. The van der Waals surface area contributed by atoms with Gasteiger partial charge < -0.3 is 9.55 Å². The Kier molecular flexibility index (Phi) is 11.2. The SMILES string of the molecule is Cl.Clc1cccc(Cl)c1-c1c(-c2c(Cl)cccc2Cl)c2c(-c3c(Cl)cccc3Cl)c3nc(cc4ccc(cc5nc(cc1n2-c1c(Cl)cccc1Cl)C=C5)[nH]4)C=C3. The highest BCUT2D eigenvalue weighted by Gasteiger charge is 2.32. The van der Waals surface area contributed by atoms with Crippen LogP contribution in [0.1, 0.15) is 22.8 Å². The normalized spacial score (nSPS) is 11.9. The van der Waals surface area contributed by atoms with E-state index in [0.29, 0.717) is 107 Å². The lowest BCUT2D eigenvalue weighted by atomic mass is 9.92. The number of hydrogen-bond acceptors (Lipinski definition) is 2. The van der Waals surface area contributed by atoms with Crippen LogP contribution in [0.25, 0.3) is 85.4 Å². The third-order valence-electron chi connectivity index (χ3n) is 9.47. The Bertz CT molecular complexity index is 2950. The van der Waals surface area contributed by atoms with Crippen LogP contribution in [-0.4, -0.2) is 19.5 Å². The third-order valence-corrected chi connectivity index (χ3v) is 12.0. The number of nitrogens with zero attached hydrogens (tertiary/aromatic N) is 3. The van der Waals surface area contributed by atoms with Crippen molar-refractivity contribution < 1.29 is 0 Å². The van der Waals surface area contributed by atoms with Crippen LogP contribution in [0.4, 0.5) is 0 Å². The number of H-pyrrole nitrogens is 1. The number of fused-ring (bicyclic) bond motifs is 8. The van der Waals surface area contributed by atoms with Crippen LogP contribution in [0.15, 0.2) is 103 Å².